The van der Waals surface area contributed by atoms with Gasteiger partial charge < -0.3 is 21.9 Å². The summed E-state index contributed by atoms with van der Waals surface area (Å²) in [5.41, 5.74) is 9.38. The molecule has 0 aromatic carbocycles. The highest BCUT2D eigenvalue weighted by Crippen LogP contribution is 1.87. The lowest BCUT2D eigenvalue weighted by Gasteiger charge is -1.99. The molecule has 22 heavy (non-hydrogen) atoms. The quantitative estimate of drug-likeness (QED) is 0.569. The number of carbonyl (C=O) groups excluding carboxylic acids is 3. The number of rotatable bonds is 6. The van der Waals surface area contributed by atoms with Crippen molar-refractivity contribution >= 4 is 23.7 Å². The second-order valence-electron chi connectivity index (χ2n) is 3.66. The van der Waals surface area contributed by atoms with Gasteiger partial charge in [0.2, 0.25) is 17.7 Å². The van der Waals surface area contributed by atoms with Gasteiger partial charge in [0.15, 0.2) is 0 Å². The van der Waals surface area contributed by atoms with E-state index in [2.05, 4.69) is 24.9 Å². The molecule has 6 N–H and O–H groups in total. The molecular weight excluding hydrogens is 290 g/mol. The van der Waals surface area contributed by atoms with Gasteiger partial charge in [0.1, 0.15) is 0 Å². The Morgan fingerprint density at radius 3 is 1.50 bits per heavy atom. The Balaban J connectivity index is -0.000000134. The average Bonchev–Trinajstić information content (AvgIpc) is 2.46. The van der Waals surface area contributed by atoms with Crippen molar-refractivity contribution in [2.24, 2.45) is 11.5 Å². The smallest absolute Gasteiger partial charge is 0.303 e. The fourth-order valence-corrected chi connectivity index (χ4v) is 0.495. The molecule has 8 heteroatoms. The monoisotopic (exact) mass is 321 g/mol. The third-order valence-electron chi connectivity index (χ3n) is 1.37. The average molecular weight is 321 g/mol. The number of nitrogens with one attached hydrogen (secondary N) is 1. The maximum absolute atomic E-state index is 10.7. The minimum Gasteiger partial charge on any atom is -0.481 e. The number of carboxylic acids is 1. The molecule has 132 valence electrons. The van der Waals surface area contributed by atoms with E-state index in [1.54, 1.807) is 6.92 Å². The third-order valence-corrected chi connectivity index (χ3v) is 1.37. The molecule has 0 fully saturated rings. The highest BCUT2D eigenvalue weighted by molar-refractivity contribution is 5.85. The Morgan fingerprint density at radius 1 is 0.909 bits per heavy atom. The van der Waals surface area contributed by atoms with Crippen molar-refractivity contribution in [3.8, 4) is 0 Å². The Bertz CT molecular complexity index is 287. The van der Waals surface area contributed by atoms with Gasteiger partial charge in [-0.2, -0.15) is 0 Å². The summed E-state index contributed by atoms with van der Waals surface area (Å²) in [4.78, 5) is 40.4. The van der Waals surface area contributed by atoms with Crippen LogP contribution in [-0.4, -0.2) is 35.3 Å². The third kappa shape index (κ3) is 52.2. The molecule has 0 aliphatic rings. The molecule has 0 saturated carbocycles. The Hall–Kier alpha value is -2.12. The summed E-state index contributed by atoms with van der Waals surface area (Å²) in [6.07, 6.45) is 1.31. The molecule has 0 spiro atoms. The van der Waals surface area contributed by atoms with Gasteiger partial charge in [0, 0.05) is 12.8 Å². The van der Waals surface area contributed by atoms with Crippen LogP contribution in [0.5, 0.6) is 0 Å². The molecule has 0 aliphatic carbocycles. The molecule has 3 amide bonds. The van der Waals surface area contributed by atoms with E-state index in [9.17, 15) is 19.2 Å². The van der Waals surface area contributed by atoms with Gasteiger partial charge in [-0.15, -0.1) is 0 Å². The lowest BCUT2D eigenvalue weighted by atomic mass is 10.3. The van der Waals surface area contributed by atoms with Gasteiger partial charge in [-0.25, -0.2) is 0 Å². The zero-order valence-corrected chi connectivity index (χ0v) is 14.3. The zero-order valence-electron chi connectivity index (χ0n) is 14.3. The first-order valence-electron chi connectivity index (χ1n) is 7.26. The van der Waals surface area contributed by atoms with E-state index in [0.29, 0.717) is 6.42 Å². The van der Waals surface area contributed by atoms with Crippen LogP contribution < -0.4 is 16.8 Å². The second kappa shape index (κ2) is 23.9. The molecule has 0 atom stereocenters. The first kappa shape index (κ1) is 28.1. The van der Waals surface area contributed by atoms with Crippen LogP contribution in [0.15, 0.2) is 0 Å². The second-order valence-corrected chi connectivity index (χ2v) is 3.66. The molecule has 0 rings (SSSR count). The summed E-state index contributed by atoms with van der Waals surface area (Å²) in [7, 11) is 0. The number of nitrogens with two attached hydrogens (primary N) is 2. The minimum atomic E-state index is -1.05. The van der Waals surface area contributed by atoms with Crippen LogP contribution >= 0.6 is 0 Å². The number of carbonyl (C=O) groups is 4. The van der Waals surface area contributed by atoms with E-state index in [-0.39, 0.29) is 25.3 Å². The summed E-state index contributed by atoms with van der Waals surface area (Å²) < 4.78 is 0. The van der Waals surface area contributed by atoms with Gasteiger partial charge in [0.05, 0.1) is 13.0 Å². The van der Waals surface area contributed by atoms with Gasteiger partial charge >= 0.3 is 5.97 Å². The van der Waals surface area contributed by atoms with Gasteiger partial charge in [-0.3, -0.25) is 19.2 Å². The summed E-state index contributed by atoms with van der Waals surface area (Å²) in [5, 5.41) is 10.3. The van der Waals surface area contributed by atoms with E-state index in [1.165, 1.54) is 6.42 Å². The standard InChI is InChI=1S/C6H10N2O4.C3H7NO.C3H8.C2H6/c7-4(9)3-8-5(10)1-2-6(11)12;1-2-3(4)5;1-3-2;1-2/h1-3H2,(H2,7,9)(H,8,10)(H,11,12);2H2,1H3,(H2,4,5);3H2,1-2H3;1-2H3. The van der Waals surface area contributed by atoms with Crippen molar-refractivity contribution in [3.63, 3.8) is 0 Å². The Kier molecular flexibility index (Phi) is 30.6. The first-order valence-corrected chi connectivity index (χ1v) is 7.26. The van der Waals surface area contributed by atoms with Crippen molar-refractivity contribution in [1.29, 1.82) is 0 Å². The zero-order chi connectivity index (χ0) is 18.6. The molecule has 0 aromatic rings. The number of primary amides is 2. The summed E-state index contributed by atoms with van der Waals surface area (Å²) in [5.74, 6) is -2.44. The molecule has 0 bridgehead atoms. The van der Waals surface area contributed by atoms with Crippen molar-refractivity contribution in [2.45, 2.75) is 60.3 Å². The van der Waals surface area contributed by atoms with Crippen LogP contribution in [-0.2, 0) is 19.2 Å². The van der Waals surface area contributed by atoms with Crippen molar-refractivity contribution in [2.75, 3.05) is 6.54 Å². The van der Waals surface area contributed by atoms with Crippen molar-refractivity contribution in [3.05, 3.63) is 0 Å². The van der Waals surface area contributed by atoms with Crippen LogP contribution in [0.2, 0.25) is 0 Å². The van der Waals surface area contributed by atoms with Crippen LogP contribution in [0.4, 0.5) is 0 Å². The van der Waals surface area contributed by atoms with Gasteiger partial charge in [-0.05, 0) is 0 Å². The van der Waals surface area contributed by atoms with Crippen molar-refractivity contribution in [1.82, 2.24) is 5.32 Å². The Labute approximate surface area is 132 Å². The van der Waals surface area contributed by atoms with E-state index >= 15 is 0 Å². The van der Waals surface area contributed by atoms with Crippen LogP contribution in [0.25, 0.3) is 0 Å². The first-order chi connectivity index (χ1) is 10.2. The molecule has 0 aromatic heterocycles. The lowest BCUT2D eigenvalue weighted by Crippen LogP contribution is -2.33. The SMILES string of the molecule is CC.CCC.CCC(N)=O.NC(=O)CNC(=O)CCC(=O)O. The number of carboxylic acid groups (broad SMARTS) is 1. The summed E-state index contributed by atoms with van der Waals surface area (Å²) in [6.45, 7) is 9.72. The molecule has 0 heterocycles. The maximum atomic E-state index is 10.7. The summed E-state index contributed by atoms with van der Waals surface area (Å²) in [6, 6.07) is 0. The van der Waals surface area contributed by atoms with Crippen LogP contribution in [0, 0.1) is 0 Å². The van der Waals surface area contributed by atoms with E-state index in [0.717, 1.165) is 0 Å². The van der Waals surface area contributed by atoms with E-state index < -0.39 is 17.8 Å². The fourth-order valence-electron chi connectivity index (χ4n) is 0.495. The predicted molar refractivity (Wildman–Crippen MR) is 85.9 cm³/mol. The lowest BCUT2D eigenvalue weighted by molar-refractivity contribution is -0.138. The molecule has 0 saturated heterocycles. The maximum Gasteiger partial charge on any atom is 0.303 e. The molecule has 8 nitrogen and oxygen atoms in total. The molecular formula is C14H31N3O5. The minimum absolute atomic E-state index is 0.136. The van der Waals surface area contributed by atoms with Gasteiger partial charge in [-0.1, -0.05) is 41.0 Å². The Morgan fingerprint density at radius 2 is 1.27 bits per heavy atom. The highest BCUT2D eigenvalue weighted by Gasteiger charge is 2.05. The molecule has 0 unspecified atom stereocenters. The van der Waals surface area contributed by atoms with Crippen molar-refractivity contribution < 1.29 is 24.3 Å². The number of aliphatic carboxylic acids is 1. The molecule has 0 aliphatic heterocycles. The number of hydrogen-bond donors (Lipinski definition) is 4. The summed E-state index contributed by atoms with van der Waals surface area (Å²) >= 11 is 0. The fraction of sp³-hybridized carbons (Fsp3) is 0.714. The van der Waals surface area contributed by atoms with Crippen LogP contribution in [0.1, 0.15) is 60.3 Å². The topological polar surface area (TPSA) is 153 Å². The number of hydrogen-bond acceptors (Lipinski definition) is 4. The number of amides is 3. The largest absolute Gasteiger partial charge is 0.481 e. The predicted octanol–water partition coefficient (Wildman–Crippen LogP) is 0.777. The molecule has 0 radical (unpaired) electrons. The van der Waals surface area contributed by atoms with E-state index in [4.69, 9.17) is 10.8 Å². The van der Waals surface area contributed by atoms with Crippen LogP contribution in [0.3, 0.4) is 0 Å². The van der Waals surface area contributed by atoms with Gasteiger partial charge in [0.25, 0.3) is 0 Å². The highest BCUT2D eigenvalue weighted by atomic mass is 16.4. The van der Waals surface area contributed by atoms with E-state index in [1.807, 2.05) is 13.8 Å². The normalized spacial score (nSPS) is 7.68.